The minimum Gasteiger partial charge on any atom is -0.478 e. The Morgan fingerprint density at radius 3 is 2.57 bits per heavy atom. The summed E-state index contributed by atoms with van der Waals surface area (Å²) in [6.45, 7) is 8.27. The lowest BCUT2D eigenvalue weighted by Gasteiger charge is -2.24. The Bertz CT molecular complexity index is 507. The van der Waals surface area contributed by atoms with Gasteiger partial charge in [-0.2, -0.15) is 0 Å². The summed E-state index contributed by atoms with van der Waals surface area (Å²) in [4.78, 5) is 22.5. The minimum absolute atomic E-state index is 0.102. The van der Waals surface area contributed by atoms with Gasteiger partial charge in [-0.3, -0.25) is 0 Å². The van der Waals surface area contributed by atoms with Crippen molar-refractivity contribution >= 4 is 12.0 Å². The van der Waals surface area contributed by atoms with Crippen molar-refractivity contribution < 1.29 is 23.8 Å². The molecular weight excluding hydrogens is 276 g/mol. The molecule has 1 rings (SSSR count). The Kier molecular flexibility index (Phi) is 5.78. The quantitative estimate of drug-likeness (QED) is 0.713. The third-order valence-electron chi connectivity index (χ3n) is 2.83. The predicted octanol–water partition coefficient (Wildman–Crippen LogP) is 1.90. The number of hydrogen-bond donors (Lipinski definition) is 3. The number of carboxylic acid groups (broad SMARTS) is 1. The van der Waals surface area contributed by atoms with Crippen molar-refractivity contribution in [3.63, 3.8) is 0 Å². The summed E-state index contributed by atoms with van der Waals surface area (Å²) in [5.41, 5.74) is -0.339. The lowest BCUT2D eigenvalue weighted by atomic mass is 10.1. The molecule has 118 valence electrons. The molecule has 0 fully saturated rings. The lowest BCUT2D eigenvalue weighted by molar-refractivity contribution is -0.00690. The van der Waals surface area contributed by atoms with Crippen molar-refractivity contribution in [3.05, 3.63) is 23.2 Å². The number of aryl methyl sites for hydroxylation is 1. The van der Waals surface area contributed by atoms with Crippen LogP contribution in [0.3, 0.4) is 0 Å². The number of ether oxygens (including phenoxy) is 1. The van der Waals surface area contributed by atoms with Crippen LogP contribution in [-0.2, 0) is 11.3 Å². The van der Waals surface area contributed by atoms with E-state index in [4.69, 9.17) is 14.3 Å². The highest BCUT2D eigenvalue weighted by molar-refractivity contribution is 5.88. The first kappa shape index (κ1) is 17.0. The Morgan fingerprint density at radius 1 is 1.38 bits per heavy atom. The summed E-state index contributed by atoms with van der Waals surface area (Å²) < 4.78 is 10.7. The van der Waals surface area contributed by atoms with Gasteiger partial charge in [0.25, 0.3) is 0 Å². The van der Waals surface area contributed by atoms with Gasteiger partial charge in [0, 0.05) is 13.2 Å². The molecule has 0 spiro atoms. The molecule has 21 heavy (non-hydrogen) atoms. The summed E-state index contributed by atoms with van der Waals surface area (Å²) in [5, 5.41) is 14.2. The normalized spacial score (nSPS) is 11.2. The summed E-state index contributed by atoms with van der Waals surface area (Å²) in [6.07, 6.45) is 0. The zero-order valence-corrected chi connectivity index (χ0v) is 12.8. The minimum atomic E-state index is -1.05. The third kappa shape index (κ3) is 5.47. The molecule has 0 aliphatic rings. The van der Waals surface area contributed by atoms with Gasteiger partial charge in [-0.15, -0.1) is 0 Å². The van der Waals surface area contributed by atoms with Crippen LogP contribution < -0.4 is 10.6 Å². The van der Waals surface area contributed by atoms with E-state index in [1.165, 1.54) is 6.07 Å². The van der Waals surface area contributed by atoms with Crippen LogP contribution in [0.15, 0.2) is 10.5 Å². The van der Waals surface area contributed by atoms with Crippen molar-refractivity contribution in [2.75, 3.05) is 13.2 Å². The average molecular weight is 298 g/mol. The fourth-order valence-corrected chi connectivity index (χ4v) is 1.81. The van der Waals surface area contributed by atoms with Crippen LogP contribution in [0.4, 0.5) is 4.79 Å². The smallest absolute Gasteiger partial charge is 0.339 e. The molecule has 7 heteroatoms. The standard InChI is InChI=1S/C14H22N2O5/c1-5-20-14(3,4)8-16-13(19)15-7-10-6-11(12(17)18)9(2)21-10/h6H,5,7-8H2,1-4H3,(H,17,18)(H2,15,16,19). The number of carboxylic acids is 1. The third-order valence-corrected chi connectivity index (χ3v) is 2.83. The van der Waals surface area contributed by atoms with Crippen molar-refractivity contribution in [1.82, 2.24) is 10.6 Å². The Labute approximate surface area is 123 Å². The number of aromatic carboxylic acids is 1. The van der Waals surface area contributed by atoms with E-state index in [1.807, 2.05) is 20.8 Å². The Balaban J connectivity index is 2.43. The molecule has 1 aromatic heterocycles. The molecule has 0 aliphatic carbocycles. The highest BCUT2D eigenvalue weighted by atomic mass is 16.5. The largest absolute Gasteiger partial charge is 0.478 e. The van der Waals surface area contributed by atoms with Crippen LogP contribution in [0.1, 0.15) is 42.6 Å². The SMILES string of the molecule is CCOC(C)(C)CNC(=O)NCc1cc(C(=O)O)c(C)o1. The Morgan fingerprint density at radius 2 is 2.05 bits per heavy atom. The molecule has 2 amide bonds. The molecule has 1 aromatic rings. The summed E-state index contributed by atoms with van der Waals surface area (Å²) in [5.74, 6) is -0.341. The van der Waals surface area contributed by atoms with E-state index in [2.05, 4.69) is 10.6 Å². The summed E-state index contributed by atoms with van der Waals surface area (Å²) in [7, 11) is 0. The second-order valence-corrected chi connectivity index (χ2v) is 5.22. The van der Waals surface area contributed by atoms with Gasteiger partial charge in [-0.05, 0) is 33.8 Å². The fourth-order valence-electron chi connectivity index (χ4n) is 1.81. The van der Waals surface area contributed by atoms with Gasteiger partial charge in [0.2, 0.25) is 0 Å². The zero-order valence-electron chi connectivity index (χ0n) is 12.8. The summed E-state index contributed by atoms with van der Waals surface area (Å²) >= 11 is 0. The lowest BCUT2D eigenvalue weighted by Crippen LogP contribution is -2.44. The van der Waals surface area contributed by atoms with Crippen LogP contribution in [0.2, 0.25) is 0 Å². The second-order valence-electron chi connectivity index (χ2n) is 5.22. The molecule has 0 unspecified atom stereocenters. The number of urea groups is 1. The van der Waals surface area contributed by atoms with Gasteiger partial charge in [-0.1, -0.05) is 0 Å². The number of carbonyl (C=O) groups excluding carboxylic acids is 1. The molecule has 0 radical (unpaired) electrons. The number of furan rings is 1. The van der Waals surface area contributed by atoms with Gasteiger partial charge in [0.1, 0.15) is 17.1 Å². The number of nitrogens with one attached hydrogen (secondary N) is 2. The van der Waals surface area contributed by atoms with Gasteiger partial charge in [0.05, 0.1) is 12.1 Å². The summed E-state index contributed by atoms with van der Waals surface area (Å²) in [6, 6.07) is 1.04. The highest BCUT2D eigenvalue weighted by Gasteiger charge is 2.19. The molecule has 0 saturated heterocycles. The van der Waals surface area contributed by atoms with E-state index >= 15 is 0 Å². The van der Waals surface area contributed by atoms with Gasteiger partial charge >= 0.3 is 12.0 Å². The molecular formula is C14H22N2O5. The average Bonchev–Trinajstić information content (AvgIpc) is 2.75. The van der Waals surface area contributed by atoms with E-state index in [-0.39, 0.29) is 18.1 Å². The van der Waals surface area contributed by atoms with E-state index < -0.39 is 11.6 Å². The maximum Gasteiger partial charge on any atom is 0.339 e. The maximum absolute atomic E-state index is 11.7. The van der Waals surface area contributed by atoms with Gasteiger partial charge < -0.3 is 24.9 Å². The topological polar surface area (TPSA) is 101 Å². The molecule has 0 bridgehead atoms. The zero-order chi connectivity index (χ0) is 16.0. The van der Waals surface area contributed by atoms with Crippen molar-refractivity contribution in [2.45, 2.75) is 39.8 Å². The predicted molar refractivity (Wildman–Crippen MR) is 76.3 cm³/mol. The molecule has 0 aromatic carbocycles. The van der Waals surface area contributed by atoms with Crippen molar-refractivity contribution in [2.24, 2.45) is 0 Å². The van der Waals surface area contributed by atoms with Crippen molar-refractivity contribution in [3.8, 4) is 0 Å². The van der Waals surface area contributed by atoms with Crippen LogP contribution in [0.5, 0.6) is 0 Å². The maximum atomic E-state index is 11.7. The van der Waals surface area contributed by atoms with Crippen LogP contribution in [-0.4, -0.2) is 35.9 Å². The van der Waals surface area contributed by atoms with Crippen LogP contribution >= 0.6 is 0 Å². The first-order valence-corrected chi connectivity index (χ1v) is 6.73. The molecule has 0 atom stereocenters. The highest BCUT2D eigenvalue weighted by Crippen LogP contribution is 2.14. The Hall–Kier alpha value is -2.02. The fraction of sp³-hybridized carbons (Fsp3) is 0.571. The van der Waals surface area contributed by atoms with Crippen molar-refractivity contribution in [1.29, 1.82) is 0 Å². The van der Waals surface area contributed by atoms with E-state index in [0.29, 0.717) is 24.7 Å². The van der Waals surface area contributed by atoms with Crippen LogP contribution in [0, 0.1) is 6.92 Å². The molecule has 7 nitrogen and oxygen atoms in total. The number of hydrogen-bond acceptors (Lipinski definition) is 4. The molecule has 1 heterocycles. The monoisotopic (exact) mass is 298 g/mol. The number of amides is 2. The van der Waals surface area contributed by atoms with E-state index in [1.54, 1.807) is 6.92 Å². The van der Waals surface area contributed by atoms with Gasteiger partial charge in [0.15, 0.2) is 0 Å². The second kappa shape index (κ2) is 7.12. The van der Waals surface area contributed by atoms with Gasteiger partial charge in [-0.25, -0.2) is 9.59 Å². The van der Waals surface area contributed by atoms with Crippen LogP contribution in [0.25, 0.3) is 0 Å². The van der Waals surface area contributed by atoms with E-state index in [0.717, 1.165) is 0 Å². The first-order chi connectivity index (χ1) is 9.75. The molecule has 3 N–H and O–H groups in total. The molecule has 0 aliphatic heterocycles. The number of carbonyl (C=O) groups is 2. The number of rotatable bonds is 7. The molecule has 0 saturated carbocycles. The van der Waals surface area contributed by atoms with E-state index in [9.17, 15) is 9.59 Å². The first-order valence-electron chi connectivity index (χ1n) is 6.73.